The first-order valence-electron chi connectivity index (χ1n) is 4.95. The molecule has 3 nitrogen and oxygen atoms in total. The topological polar surface area (TPSA) is 34.1 Å². The summed E-state index contributed by atoms with van der Waals surface area (Å²) in [5.41, 5.74) is 2.46. The molecule has 0 aliphatic rings. The maximum atomic E-state index is 5.41. The molecule has 0 aliphatic carbocycles. The molecule has 0 spiro atoms. The van der Waals surface area contributed by atoms with Crippen LogP contribution < -0.4 is 5.32 Å². The lowest BCUT2D eigenvalue weighted by Crippen LogP contribution is -2.22. The first-order valence-corrected chi connectivity index (χ1v) is 4.95. The van der Waals surface area contributed by atoms with Crippen molar-refractivity contribution in [2.24, 2.45) is 0 Å². The predicted octanol–water partition coefficient (Wildman–Crippen LogP) is 1.69. The van der Waals surface area contributed by atoms with Crippen molar-refractivity contribution in [1.29, 1.82) is 0 Å². The molecule has 0 aromatic carbocycles. The van der Waals surface area contributed by atoms with Crippen LogP contribution in [0.25, 0.3) is 0 Å². The summed E-state index contributed by atoms with van der Waals surface area (Å²) in [6, 6.07) is 2.26. The van der Waals surface area contributed by atoms with E-state index in [0.717, 1.165) is 6.61 Å². The van der Waals surface area contributed by atoms with Gasteiger partial charge in [-0.2, -0.15) is 0 Å². The third kappa shape index (κ3) is 2.79. The van der Waals surface area contributed by atoms with Crippen molar-refractivity contribution in [3.8, 4) is 0 Å². The highest BCUT2D eigenvalue weighted by Crippen LogP contribution is 2.15. The zero-order valence-electron chi connectivity index (χ0n) is 9.08. The van der Waals surface area contributed by atoms with Gasteiger partial charge in [-0.05, 0) is 38.1 Å². The highest BCUT2D eigenvalue weighted by Gasteiger charge is 2.11. The molecule has 0 radical (unpaired) electrons. The lowest BCUT2D eigenvalue weighted by molar-refractivity contribution is 0.125. The van der Waals surface area contributed by atoms with Gasteiger partial charge in [0.25, 0.3) is 0 Å². The molecule has 1 unspecified atom stereocenters. The Kier molecular flexibility index (Phi) is 4.56. The van der Waals surface area contributed by atoms with Gasteiger partial charge in [-0.1, -0.05) is 0 Å². The van der Waals surface area contributed by atoms with E-state index in [1.54, 1.807) is 0 Å². The summed E-state index contributed by atoms with van der Waals surface area (Å²) in [4.78, 5) is 4.13. The van der Waals surface area contributed by atoms with Crippen LogP contribution >= 0.6 is 0 Å². The minimum Gasteiger partial charge on any atom is -0.380 e. The largest absolute Gasteiger partial charge is 0.380 e. The summed E-state index contributed by atoms with van der Waals surface area (Å²) in [5, 5.41) is 3.23. The molecule has 1 N–H and O–H groups in total. The Morgan fingerprint density at radius 2 is 2.36 bits per heavy atom. The number of hydrogen-bond acceptors (Lipinski definition) is 3. The van der Waals surface area contributed by atoms with Gasteiger partial charge in [0.1, 0.15) is 0 Å². The summed E-state index contributed by atoms with van der Waals surface area (Å²) in [6.45, 7) is 5.53. The molecular weight excluding hydrogens is 176 g/mol. The fourth-order valence-corrected chi connectivity index (χ4v) is 1.41. The normalized spacial score (nSPS) is 12.8. The molecule has 0 amide bonds. The van der Waals surface area contributed by atoms with Crippen LogP contribution in [0.3, 0.4) is 0 Å². The summed E-state index contributed by atoms with van der Waals surface area (Å²) in [6.07, 6.45) is 3.71. The molecule has 78 valence electrons. The predicted molar refractivity (Wildman–Crippen MR) is 57.3 cm³/mol. The Bertz CT molecular complexity index is 276. The molecule has 0 bridgehead atoms. The summed E-state index contributed by atoms with van der Waals surface area (Å²) in [5.74, 6) is 0. The van der Waals surface area contributed by atoms with Crippen LogP contribution in [0.4, 0.5) is 0 Å². The highest BCUT2D eigenvalue weighted by molar-refractivity contribution is 5.24. The monoisotopic (exact) mass is 194 g/mol. The van der Waals surface area contributed by atoms with Crippen LogP contribution in [0.2, 0.25) is 0 Å². The van der Waals surface area contributed by atoms with Crippen molar-refractivity contribution in [1.82, 2.24) is 10.3 Å². The second-order valence-corrected chi connectivity index (χ2v) is 3.23. The summed E-state index contributed by atoms with van der Waals surface area (Å²) >= 11 is 0. The molecule has 1 aromatic rings. The molecular formula is C11H18N2O. The van der Waals surface area contributed by atoms with Crippen molar-refractivity contribution in [3.63, 3.8) is 0 Å². The van der Waals surface area contributed by atoms with E-state index in [4.69, 9.17) is 4.74 Å². The minimum absolute atomic E-state index is 0.239. The number of rotatable bonds is 5. The minimum atomic E-state index is 0.239. The molecule has 0 fully saturated rings. The van der Waals surface area contributed by atoms with Gasteiger partial charge < -0.3 is 10.1 Å². The van der Waals surface area contributed by atoms with Crippen LogP contribution in [-0.2, 0) is 4.74 Å². The Morgan fingerprint density at radius 1 is 1.57 bits per heavy atom. The van der Waals surface area contributed by atoms with Gasteiger partial charge in [-0.3, -0.25) is 4.98 Å². The maximum Gasteiger partial charge on any atom is 0.0661 e. The van der Waals surface area contributed by atoms with Crippen molar-refractivity contribution < 1.29 is 4.74 Å². The molecule has 0 saturated heterocycles. The van der Waals surface area contributed by atoms with Gasteiger partial charge in [0, 0.05) is 19.0 Å². The number of nitrogens with zero attached hydrogens (tertiary/aromatic N) is 1. The zero-order chi connectivity index (χ0) is 10.4. The molecule has 1 atom stereocenters. The van der Waals surface area contributed by atoms with E-state index in [9.17, 15) is 0 Å². The van der Waals surface area contributed by atoms with E-state index < -0.39 is 0 Å². The summed E-state index contributed by atoms with van der Waals surface area (Å²) in [7, 11) is 1.94. The summed E-state index contributed by atoms with van der Waals surface area (Å²) < 4.78 is 5.41. The lowest BCUT2D eigenvalue weighted by atomic mass is 10.1. The van der Waals surface area contributed by atoms with Crippen molar-refractivity contribution >= 4 is 0 Å². The van der Waals surface area contributed by atoms with Crippen molar-refractivity contribution in [2.75, 3.05) is 20.3 Å². The van der Waals surface area contributed by atoms with E-state index in [-0.39, 0.29) is 6.04 Å². The molecule has 1 aromatic heterocycles. The van der Waals surface area contributed by atoms with Gasteiger partial charge in [0.15, 0.2) is 0 Å². The Balaban J connectivity index is 2.73. The van der Waals surface area contributed by atoms with Crippen LogP contribution in [0.15, 0.2) is 18.5 Å². The SMILES string of the molecule is CCOCC(NC)c1cnccc1C. The second kappa shape index (κ2) is 5.73. The van der Waals surface area contributed by atoms with Gasteiger partial charge >= 0.3 is 0 Å². The van der Waals surface area contributed by atoms with Crippen LogP contribution in [-0.4, -0.2) is 25.2 Å². The van der Waals surface area contributed by atoms with Gasteiger partial charge in [-0.15, -0.1) is 0 Å². The zero-order valence-corrected chi connectivity index (χ0v) is 9.08. The average Bonchev–Trinajstić information content (AvgIpc) is 2.21. The van der Waals surface area contributed by atoms with E-state index in [1.807, 2.05) is 32.4 Å². The number of likely N-dealkylation sites (N-methyl/N-ethyl adjacent to an activating group) is 1. The van der Waals surface area contributed by atoms with Crippen LogP contribution in [0, 0.1) is 6.92 Å². The lowest BCUT2D eigenvalue weighted by Gasteiger charge is -2.17. The van der Waals surface area contributed by atoms with Crippen molar-refractivity contribution in [2.45, 2.75) is 19.9 Å². The number of aromatic nitrogens is 1. The third-order valence-electron chi connectivity index (χ3n) is 2.29. The van der Waals surface area contributed by atoms with E-state index in [1.165, 1.54) is 11.1 Å². The molecule has 1 heterocycles. The average molecular weight is 194 g/mol. The second-order valence-electron chi connectivity index (χ2n) is 3.23. The van der Waals surface area contributed by atoms with E-state index in [0.29, 0.717) is 6.61 Å². The first-order chi connectivity index (χ1) is 6.79. The Hall–Kier alpha value is -0.930. The van der Waals surface area contributed by atoms with Crippen LogP contribution in [0.1, 0.15) is 24.1 Å². The van der Waals surface area contributed by atoms with Gasteiger partial charge in [0.05, 0.1) is 12.6 Å². The fourth-order valence-electron chi connectivity index (χ4n) is 1.41. The molecule has 3 heteroatoms. The van der Waals surface area contributed by atoms with Gasteiger partial charge in [-0.25, -0.2) is 0 Å². The number of aryl methyl sites for hydroxylation is 1. The first kappa shape index (κ1) is 11.1. The third-order valence-corrected chi connectivity index (χ3v) is 2.29. The van der Waals surface area contributed by atoms with Crippen LogP contribution in [0.5, 0.6) is 0 Å². The molecule has 0 aliphatic heterocycles. The quantitative estimate of drug-likeness (QED) is 0.774. The van der Waals surface area contributed by atoms with E-state index in [2.05, 4.69) is 17.2 Å². The molecule has 0 saturated carbocycles. The molecule has 1 rings (SSSR count). The number of nitrogens with one attached hydrogen (secondary N) is 1. The number of pyridine rings is 1. The Labute approximate surface area is 85.5 Å². The van der Waals surface area contributed by atoms with Gasteiger partial charge in [0.2, 0.25) is 0 Å². The number of ether oxygens (including phenoxy) is 1. The standard InChI is InChI=1S/C11H18N2O/c1-4-14-8-11(12-3)10-7-13-6-5-9(10)2/h5-7,11-12H,4,8H2,1-3H3. The Morgan fingerprint density at radius 3 is 2.93 bits per heavy atom. The highest BCUT2D eigenvalue weighted by atomic mass is 16.5. The van der Waals surface area contributed by atoms with Crippen molar-refractivity contribution in [3.05, 3.63) is 29.6 Å². The molecule has 14 heavy (non-hydrogen) atoms. The fraction of sp³-hybridized carbons (Fsp3) is 0.545. The maximum absolute atomic E-state index is 5.41. The number of hydrogen-bond donors (Lipinski definition) is 1. The van der Waals surface area contributed by atoms with E-state index >= 15 is 0 Å². The smallest absolute Gasteiger partial charge is 0.0661 e.